The first-order valence-corrected chi connectivity index (χ1v) is 8.26. The third-order valence-corrected chi connectivity index (χ3v) is 4.07. The van der Waals surface area contributed by atoms with Crippen molar-refractivity contribution in [2.45, 2.75) is 6.54 Å². The second-order valence-electron chi connectivity index (χ2n) is 5.25. The Morgan fingerprint density at radius 2 is 1.88 bits per heavy atom. The Kier molecular flexibility index (Phi) is 6.94. The highest BCUT2D eigenvalue weighted by atomic mass is 79.9. The number of rotatable bonds is 7. The van der Waals surface area contributed by atoms with E-state index in [2.05, 4.69) is 15.9 Å². The Balaban J connectivity index is 1.75. The summed E-state index contributed by atoms with van der Waals surface area (Å²) in [5.74, 6) is -1.29. The molecule has 2 aromatic rings. The fourth-order valence-electron chi connectivity index (χ4n) is 1.96. The highest BCUT2D eigenvalue weighted by Crippen LogP contribution is 2.17. The molecular weight excluding hydrogens is 393 g/mol. The van der Waals surface area contributed by atoms with Gasteiger partial charge in [0.05, 0.1) is 0 Å². The van der Waals surface area contributed by atoms with E-state index in [4.69, 9.17) is 9.47 Å². The highest BCUT2D eigenvalue weighted by molar-refractivity contribution is 9.10. The minimum atomic E-state index is -0.702. The minimum Gasteiger partial charge on any atom is -0.482 e. The maximum Gasteiger partial charge on any atom is 0.344 e. The van der Waals surface area contributed by atoms with E-state index in [1.54, 1.807) is 7.05 Å². The summed E-state index contributed by atoms with van der Waals surface area (Å²) in [6.07, 6.45) is 0. The van der Waals surface area contributed by atoms with Crippen molar-refractivity contribution in [3.63, 3.8) is 0 Å². The summed E-state index contributed by atoms with van der Waals surface area (Å²) >= 11 is 3.42. The Morgan fingerprint density at radius 1 is 1.12 bits per heavy atom. The molecule has 0 radical (unpaired) electrons. The van der Waals surface area contributed by atoms with Crippen molar-refractivity contribution in [2.75, 3.05) is 20.3 Å². The van der Waals surface area contributed by atoms with E-state index in [1.165, 1.54) is 23.1 Å². The summed E-state index contributed by atoms with van der Waals surface area (Å²) < 4.78 is 23.9. The van der Waals surface area contributed by atoms with Crippen LogP contribution in [0.25, 0.3) is 0 Å². The number of carbonyl (C=O) groups excluding carboxylic acids is 2. The molecule has 2 aromatic carbocycles. The summed E-state index contributed by atoms with van der Waals surface area (Å²) in [5.41, 5.74) is 0.944. The number of amides is 1. The van der Waals surface area contributed by atoms with Gasteiger partial charge in [0.25, 0.3) is 5.91 Å². The average Bonchev–Trinajstić information content (AvgIpc) is 2.59. The minimum absolute atomic E-state index is 0.217. The lowest BCUT2D eigenvalue weighted by Gasteiger charge is -2.18. The van der Waals surface area contributed by atoms with Crippen LogP contribution in [0.4, 0.5) is 4.39 Å². The van der Waals surface area contributed by atoms with Gasteiger partial charge in [0.2, 0.25) is 0 Å². The molecule has 0 aliphatic carbocycles. The summed E-state index contributed by atoms with van der Waals surface area (Å²) in [5, 5.41) is 0. The van der Waals surface area contributed by atoms with E-state index in [9.17, 15) is 14.0 Å². The fraction of sp³-hybridized carbons (Fsp3) is 0.222. The molecule has 1 amide bonds. The van der Waals surface area contributed by atoms with Crippen LogP contribution in [-0.4, -0.2) is 37.0 Å². The molecule has 2 rings (SSSR count). The quantitative estimate of drug-likeness (QED) is 0.659. The molecular formula is C18H17BrFNO4. The van der Waals surface area contributed by atoms with E-state index in [1.807, 2.05) is 24.3 Å². The molecule has 0 unspecified atom stereocenters. The maximum absolute atomic E-state index is 13.0. The van der Waals surface area contributed by atoms with Crippen molar-refractivity contribution in [2.24, 2.45) is 0 Å². The molecule has 0 heterocycles. The topological polar surface area (TPSA) is 55.8 Å². The number of halogens is 2. The van der Waals surface area contributed by atoms with Gasteiger partial charge in [0.1, 0.15) is 11.6 Å². The molecule has 25 heavy (non-hydrogen) atoms. The molecule has 0 spiro atoms. The highest BCUT2D eigenvalue weighted by Gasteiger charge is 2.14. The Morgan fingerprint density at radius 3 is 2.60 bits per heavy atom. The summed E-state index contributed by atoms with van der Waals surface area (Å²) in [6, 6.07) is 13.0. The van der Waals surface area contributed by atoms with E-state index >= 15 is 0 Å². The molecule has 0 saturated heterocycles. The van der Waals surface area contributed by atoms with Crippen LogP contribution >= 0.6 is 15.9 Å². The number of benzene rings is 2. The van der Waals surface area contributed by atoms with Gasteiger partial charge >= 0.3 is 5.97 Å². The van der Waals surface area contributed by atoms with Gasteiger partial charge in [-0.05, 0) is 23.8 Å². The monoisotopic (exact) mass is 409 g/mol. The molecule has 0 atom stereocenters. The van der Waals surface area contributed by atoms with Crippen molar-refractivity contribution in [3.8, 4) is 5.75 Å². The molecule has 0 aromatic heterocycles. The molecule has 0 aliphatic heterocycles. The number of ether oxygens (including phenoxy) is 2. The van der Waals surface area contributed by atoms with Gasteiger partial charge in [-0.3, -0.25) is 4.79 Å². The van der Waals surface area contributed by atoms with E-state index < -0.39 is 18.4 Å². The molecule has 132 valence electrons. The number of hydrogen-bond acceptors (Lipinski definition) is 4. The van der Waals surface area contributed by atoms with Crippen LogP contribution in [0.2, 0.25) is 0 Å². The van der Waals surface area contributed by atoms with Crippen LogP contribution in [0.1, 0.15) is 5.56 Å². The molecule has 0 saturated carbocycles. The first kappa shape index (κ1) is 18.9. The SMILES string of the molecule is CN(Cc1ccccc1Br)C(=O)COC(=O)COc1cccc(F)c1. The standard InChI is InChI=1S/C18H17BrFNO4/c1-21(10-13-5-2-3-8-16(13)19)17(22)11-25-18(23)12-24-15-7-4-6-14(20)9-15/h2-9H,10-12H2,1H3. The van der Waals surface area contributed by atoms with Crippen LogP contribution in [0.5, 0.6) is 5.75 Å². The van der Waals surface area contributed by atoms with Gasteiger partial charge in [0.15, 0.2) is 13.2 Å². The van der Waals surface area contributed by atoms with Crippen LogP contribution in [0, 0.1) is 5.82 Å². The smallest absolute Gasteiger partial charge is 0.344 e. The largest absolute Gasteiger partial charge is 0.482 e. The Hall–Kier alpha value is -2.41. The number of carbonyl (C=O) groups is 2. The molecule has 5 nitrogen and oxygen atoms in total. The number of likely N-dealkylation sites (N-methyl/N-ethyl adjacent to an activating group) is 1. The van der Waals surface area contributed by atoms with Gasteiger partial charge in [-0.2, -0.15) is 0 Å². The second kappa shape index (κ2) is 9.17. The normalized spacial score (nSPS) is 10.2. The predicted molar refractivity (Wildman–Crippen MR) is 93.5 cm³/mol. The van der Waals surface area contributed by atoms with Crippen LogP contribution in [-0.2, 0) is 20.9 Å². The zero-order chi connectivity index (χ0) is 18.2. The van der Waals surface area contributed by atoms with Gasteiger partial charge in [0, 0.05) is 24.1 Å². The first-order valence-electron chi connectivity index (χ1n) is 7.47. The molecule has 0 fully saturated rings. The average molecular weight is 410 g/mol. The van der Waals surface area contributed by atoms with Crippen LogP contribution in [0.15, 0.2) is 53.0 Å². The Labute approximate surface area is 153 Å². The summed E-state index contributed by atoms with van der Waals surface area (Å²) in [4.78, 5) is 25.1. The maximum atomic E-state index is 13.0. The van der Waals surface area contributed by atoms with Crippen LogP contribution in [0.3, 0.4) is 0 Å². The van der Waals surface area contributed by atoms with Crippen molar-refractivity contribution in [3.05, 3.63) is 64.4 Å². The molecule has 0 N–H and O–H groups in total. The third-order valence-electron chi connectivity index (χ3n) is 3.30. The van der Waals surface area contributed by atoms with E-state index in [0.717, 1.165) is 16.1 Å². The first-order chi connectivity index (χ1) is 12.0. The van der Waals surface area contributed by atoms with E-state index in [0.29, 0.717) is 6.54 Å². The third kappa shape index (κ3) is 6.19. The lowest BCUT2D eigenvalue weighted by atomic mass is 10.2. The van der Waals surface area contributed by atoms with Crippen molar-refractivity contribution in [1.82, 2.24) is 4.90 Å². The molecule has 0 aliphatic rings. The number of hydrogen-bond donors (Lipinski definition) is 0. The summed E-state index contributed by atoms with van der Waals surface area (Å²) in [6.45, 7) is -0.394. The van der Waals surface area contributed by atoms with E-state index in [-0.39, 0.29) is 18.3 Å². The van der Waals surface area contributed by atoms with Crippen LogP contribution < -0.4 is 4.74 Å². The van der Waals surface area contributed by atoms with Gasteiger partial charge in [-0.25, -0.2) is 9.18 Å². The zero-order valence-electron chi connectivity index (χ0n) is 13.6. The Bertz CT molecular complexity index is 753. The number of esters is 1. The molecule has 7 heteroatoms. The van der Waals surface area contributed by atoms with Crippen molar-refractivity contribution >= 4 is 27.8 Å². The number of nitrogens with zero attached hydrogens (tertiary/aromatic N) is 1. The van der Waals surface area contributed by atoms with Gasteiger partial charge < -0.3 is 14.4 Å². The van der Waals surface area contributed by atoms with Gasteiger partial charge in [-0.15, -0.1) is 0 Å². The molecule has 0 bridgehead atoms. The zero-order valence-corrected chi connectivity index (χ0v) is 15.2. The lowest BCUT2D eigenvalue weighted by Crippen LogP contribution is -2.31. The predicted octanol–water partition coefficient (Wildman–Crippen LogP) is 3.17. The van der Waals surface area contributed by atoms with Gasteiger partial charge in [-0.1, -0.05) is 40.2 Å². The van der Waals surface area contributed by atoms with Crippen molar-refractivity contribution < 1.29 is 23.5 Å². The second-order valence-corrected chi connectivity index (χ2v) is 6.10. The van der Waals surface area contributed by atoms with Crippen molar-refractivity contribution in [1.29, 1.82) is 0 Å². The fourth-order valence-corrected chi connectivity index (χ4v) is 2.37. The summed E-state index contributed by atoms with van der Waals surface area (Å²) in [7, 11) is 1.62. The lowest BCUT2D eigenvalue weighted by molar-refractivity contribution is -0.153.